The van der Waals surface area contributed by atoms with E-state index in [0.717, 1.165) is 51.4 Å². The Kier molecular flexibility index (Phi) is 4.70. The molecule has 3 fully saturated rings. The number of carboxylic acid groups (broad SMARTS) is 1. The standard InChI is InChI=1S/C30H44O3/c1-25(2)14-16-30(24(32)33)17-15-28(6)19(20(30)18-25)8-9-22-27(5)12-11-23(31)26(3,4)21(27)10-13-29(22,28)7/h8-9,21-22H,10-18H2,1-7H3,(H,32,33)/t21-,22+,27-,28+,29+,30-/m0/s1. The van der Waals surface area contributed by atoms with Gasteiger partial charge in [-0.25, -0.2) is 0 Å². The molecule has 0 aromatic heterocycles. The van der Waals surface area contributed by atoms with Gasteiger partial charge in [-0.2, -0.15) is 0 Å². The molecule has 6 atom stereocenters. The summed E-state index contributed by atoms with van der Waals surface area (Å²) in [7, 11) is 0. The summed E-state index contributed by atoms with van der Waals surface area (Å²) in [5.41, 5.74) is 2.04. The Hall–Kier alpha value is -1.38. The number of ketones is 1. The summed E-state index contributed by atoms with van der Waals surface area (Å²) in [5.74, 6) is 0.684. The first kappa shape index (κ1) is 23.4. The van der Waals surface area contributed by atoms with Gasteiger partial charge in [-0.3, -0.25) is 9.59 Å². The molecule has 0 spiro atoms. The van der Waals surface area contributed by atoms with Gasteiger partial charge in [-0.05, 0) is 96.0 Å². The van der Waals surface area contributed by atoms with Gasteiger partial charge in [0.05, 0.1) is 5.41 Å². The SMILES string of the molecule is CC1(C)CC[C@]2(C(=O)O)CC[C@]3(C)C(=C2C1)C=C[C@@H]1[C@@]2(C)CCC(=O)C(C)(C)[C@@H]2CC[C@]13C. The van der Waals surface area contributed by atoms with Crippen molar-refractivity contribution < 1.29 is 14.7 Å². The minimum atomic E-state index is -0.668. The highest BCUT2D eigenvalue weighted by molar-refractivity contribution is 5.85. The molecular formula is C30H44O3. The van der Waals surface area contributed by atoms with Crippen molar-refractivity contribution >= 4 is 11.8 Å². The summed E-state index contributed by atoms with van der Waals surface area (Å²) >= 11 is 0. The third-order valence-corrected chi connectivity index (χ3v) is 12.2. The van der Waals surface area contributed by atoms with E-state index in [1.165, 1.54) is 11.1 Å². The lowest BCUT2D eigenvalue weighted by molar-refractivity contribution is -0.168. The maximum atomic E-state index is 12.9. The Labute approximate surface area is 200 Å². The van der Waals surface area contributed by atoms with Gasteiger partial charge >= 0.3 is 5.97 Å². The molecule has 0 unspecified atom stereocenters. The molecule has 3 nitrogen and oxygen atoms in total. The quantitative estimate of drug-likeness (QED) is 0.452. The third-order valence-electron chi connectivity index (χ3n) is 12.2. The van der Waals surface area contributed by atoms with E-state index in [1.54, 1.807) is 0 Å². The summed E-state index contributed by atoms with van der Waals surface area (Å²) in [6, 6.07) is 0. The van der Waals surface area contributed by atoms with Crippen molar-refractivity contribution in [3.05, 3.63) is 23.3 Å². The van der Waals surface area contributed by atoms with Crippen molar-refractivity contribution in [2.45, 2.75) is 106 Å². The molecule has 0 saturated heterocycles. The summed E-state index contributed by atoms with van der Waals surface area (Å²) in [5, 5.41) is 10.5. The molecule has 33 heavy (non-hydrogen) atoms. The molecule has 0 heterocycles. The molecular weight excluding hydrogens is 408 g/mol. The van der Waals surface area contributed by atoms with Crippen molar-refractivity contribution in [2.75, 3.05) is 0 Å². The van der Waals surface area contributed by atoms with E-state index in [-0.39, 0.29) is 27.1 Å². The normalized spacial score (nSPS) is 47.8. The van der Waals surface area contributed by atoms with Crippen molar-refractivity contribution in [1.82, 2.24) is 0 Å². The predicted molar refractivity (Wildman–Crippen MR) is 132 cm³/mol. The van der Waals surface area contributed by atoms with Gasteiger partial charge in [-0.1, -0.05) is 60.6 Å². The molecule has 0 amide bonds. The monoisotopic (exact) mass is 452 g/mol. The number of Topliss-reactive ketones (excluding diaryl/α,β-unsaturated/α-hetero) is 1. The fourth-order valence-electron chi connectivity index (χ4n) is 9.75. The molecule has 5 aliphatic rings. The fourth-order valence-corrected chi connectivity index (χ4v) is 9.75. The number of carbonyl (C=O) groups is 2. The second kappa shape index (κ2) is 6.64. The van der Waals surface area contributed by atoms with Gasteiger partial charge in [0.25, 0.3) is 0 Å². The van der Waals surface area contributed by atoms with Crippen LogP contribution in [0.1, 0.15) is 106 Å². The Morgan fingerprint density at radius 1 is 0.939 bits per heavy atom. The van der Waals surface area contributed by atoms with Crippen LogP contribution in [0.2, 0.25) is 0 Å². The average Bonchev–Trinajstić information content (AvgIpc) is 2.71. The van der Waals surface area contributed by atoms with Crippen LogP contribution >= 0.6 is 0 Å². The van der Waals surface area contributed by atoms with E-state index < -0.39 is 11.4 Å². The minimum absolute atomic E-state index is 0.00625. The molecule has 1 N–H and O–H groups in total. The lowest BCUT2D eigenvalue weighted by Gasteiger charge is -2.68. The number of rotatable bonds is 1. The van der Waals surface area contributed by atoms with Crippen molar-refractivity contribution in [2.24, 2.45) is 44.3 Å². The zero-order valence-corrected chi connectivity index (χ0v) is 21.9. The third kappa shape index (κ3) is 2.74. The van der Waals surface area contributed by atoms with Crippen LogP contribution in [0.15, 0.2) is 23.3 Å². The van der Waals surface area contributed by atoms with Crippen LogP contribution in [0.5, 0.6) is 0 Å². The zero-order valence-electron chi connectivity index (χ0n) is 21.9. The van der Waals surface area contributed by atoms with Gasteiger partial charge in [0, 0.05) is 11.8 Å². The van der Waals surface area contributed by atoms with E-state index in [2.05, 4.69) is 60.6 Å². The summed E-state index contributed by atoms with van der Waals surface area (Å²) in [6.07, 6.45) is 13.1. The number of hydrogen-bond acceptors (Lipinski definition) is 2. The second-order valence-electron chi connectivity index (χ2n) is 14.4. The van der Waals surface area contributed by atoms with Crippen molar-refractivity contribution in [3.63, 3.8) is 0 Å². The molecule has 0 bridgehead atoms. The minimum Gasteiger partial charge on any atom is -0.481 e. The summed E-state index contributed by atoms with van der Waals surface area (Å²) in [4.78, 5) is 25.6. The highest BCUT2D eigenvalue weighted by Gasteiger charge is 2.67. The Bertz CT molecular complexity index is 983. The van der Waals surface area contributed by atoms with Crippen LogP contribution in [0.3, 0.4) is 0 Å². The number of hydrogen-bond donors (Lipinski definition) is 1. The second-order valence-corrected chi connectivity index (χ2v) is 14.4. The largest absolute Gasteiger partial charge is 0.481 e. The highest BCUT2D eigenvalue weighted by atomic mass is 16.4. The van der Waals surface area contributed by atoms with Crippen LogP contribution < -0.4 is 0 Å². The Balaban J connectivity index is 1.68. The maximum Gasteiger partial charge on any atom is 0.313 e. The van der Waals surface area contributed by atoms with E-state index in [9.17, 15) is 14.7 Å². The number of aliphatic carboxylic acids is 1. The smallest absolute Gasteiger partial charge is 0.313 e. The first-order valence-electron chi connectivity index (χ1n) is 13.3. The number of fused-ring (bicyclic) bond motifs is 6. The molecule has 182 valence electrons. The van der Waals surface area contributed by atoms with Gasteiger partial charge in [0.2, 0.25) is 0 Å². The van der Waals surface area contributed by atoms with Crippen LogP contribution in [0.4, 0.5) is 0 Å². The molecule has 5 rings (SSSR count). The van der Waals surface area contributed by atoms with Gasteiger partial charge in [0.15, 0.2) is 0 Å². The van der Waals surface area contributed by atoms with E-state index >= 15 is 0 Å². The lowest BCUT2D eigenvalue weighted by Crippen LogP contribution is -2.62. The first-order chi connectivity index (χ1) is 15.1. The number of carboxylic acids is 1. The van der Waals surface area contributed by atoms with Gasteiger partial charge < -0.3 is 5.11 Å². The first-order valence-corrected chi connectivity index (χ1v) is 13.3. The molecule has 0 radical (unpaired) electrons. The van der Waals surface area contributed by atoms with Crippen LogP contribution in [-0.4, -0.2) is 16.9 Å². The Morgan fingerprint density at radius 3 is 2.27 bits per heavy atom. The van der Waals surface area contributed by atoms with Crippen molar-refractivity contribution in [1.29, 1.82) is 0 Å². The number of allylic oxidation sites excluding steroid dienone is 3. The Morgan fingerprint density at radius 2 is 1.61 bits per heavy atom. The molecule has 0 aromatic carbocycles. The zero-order chi connectivity index (χ0) is 24.2. The van der Waals surface area contributed by atoms with Crippen LogP contribution in [0.25, 0.3) is 0 Å². The average molecular weight is 453 g/mol. The highest BCUT2D eigenvalue weighted by Crippen LogP contribution is 2.73. The van der Waals surface area contributed by atoms with E-state index in [1.807, 2.05) is 0 Å². The molecule has 5 aliphatic carbocycles. The maximum absolute atomic E-state index is 12.9. The topological polar surface area (TPSA) is 54.4 Å². The summed E-state index contributed by atoms with van der Waals surface area (Å²) < 4.78 is 0. The van der Waals surface area contributed by atoms with Crippen LogP contribution in [-0.2, 0) is 9.59 Å². The molecule has 0 aromatic rings. The van der Waals surface area contributed by atoms with E-state index in [0.29, 0.717) is 24.0 Å². The molecule has 0 aliphatic heterocycles. The van der Waals surface area contributed by atoms with Gasteiger partial charge in [0.1, 0.15) is 5.78 Å². The number of carbonyl (C=O) groups excluding carboxylic acids is 1. The fraction of sp³-hybridized carbons (Fsp3) is 0.800. The van der Waals surface area contributed by atoms with Crippen molar-refractivity contribution in [3.8, 4) is 0 Å². The molecule has 3 saturated carbocycles. The lowest BCUT2D eigenvalue weighted by atomic mass is 9.35. The molecule has 3 heteroatoms. The summed E-state index contributed by atoms with van der Waals surface area (Å²) in [6.45, 7) is 16.4. The van der Waals surface area contributed by atoms with Crippen LogP contribution in [0, 0.1) is 44.3 Å². The predicted octanol–water partition coefficient (Wildman–Crippen LogP) is 7.36. The van der Waals surface area contributed by atoms with E-state index in [4.69, 9.17) is 0 Å². The van der Waals surface area contributed by atoms with Gasteiger partial charge in [-0.15, -0.1) is 0 Å².